The maximum Gasteiger partial charge on any atom is 0.416 e. The largest absolute Gasteiger partial charge is 0.460 e. The summed E-state index contributed by atoms with van der Waals surface area (Å²) in [6.07, 6.45) is -10.8. The van der Waals surface area contributed by atoms with Crippen molar-refractivity contribution in [3.05, 3.63) is 29.3 Å². The molecule has 0 amide bonds. The summed E-state index contributed by atoms with van der Waals surface area (Å²) in [4.78, 5) is 10.3. The summed E-state index contributed by atoms with van der Waals surface area (Å²) in [5.74, 6) is -0.787. The summed E-state index contributed by atoms with van der Waals surface area (Å²) >= 11 is 0. The highest BCUT2D eigenvalue weighted by Gasteiger charge is 2.38. The lowest BCUT2D eigenvalue weighted by molar-refractivity contribution is -0.154. The van der Waals surface area contributed by atoms with E-state index in [2.05, 4.69) is 0 Å². The van der Waals surface area contributed by atoms with E-state index in [1.807, 2.05) is 0 Å². The molecule has 5 nitrogen and oxygen atoms in total. The van der Waals surface area contributed by atoms with Gasteiger partial charge in [0.05, 0.1) is 22.4 Å². The van der Waals surface area contributed by atoms with Gasteiger partial charge in [-0.25, -0.2) is 13.1 Å². The first-order chi connectivity index (χ1) is 11.9. The number of hydrogen-bond acceptors (Lipinski definition) is 4. The van der Waals surface area contributed by atoms with Crippen LogP contribution in [0.15, 0.2) is 23.1 Å². The van der Waals surface area contributed by atoms with Crippen LogP contribution in [0.25, 0.3) is 0 Å². The molecule has 1 rings (SSSR count). The fourth-order valence-corrected chi connectivity index (χ4v) is 2.95. The van der Waals surface area contributed by atoms with Gasteiger partial charge in [0.15, 0.2) is 0 Å². The Morgan fingerprint density at radius 2 is 1.41 bits per heavy atom. The number of ether oxygens (including phenoxy) is 1. The molecule has 0 aliphatic carbocycles. The number of esters is 1. The Morgan fingerprint density at radius 3 is 1.78 bits per heavy atom. The van der Waals surface area contributed by atoms with Gasteiger partial charge in [0, 0.05) is 6.54 Å². The molecule has 0 bridgehead atoms. The van der Waals surface area contributed by atoms with E-state index < -0.39 is 62.9 Å². The highest BCUT2D eigenvalue weighted by atomic mass is 32.2. The van der Waals surface area contributed by atoms with Crippen LogP contribution in [0, 0.1) is 0 Å². The number of carbonyl (C=O) groups is 1. The highest BCUT2D eigenvalue weighted by Crippen LogP contribution is 2.37. The van der Waals surface area contributed by atoms with E-state index in [0.29, 0.717) is 0 Å². The molecule has 0 aliphatic rings. The second kappa shape index (κ2) is 7.66. The third-order valence-corrected chi connectivity index (χ3v) is 4.35. The van der Waals surface area contributed by atoms with Crippen LogP contribution in [-0.4, -0.2) is 26.5 Å². The van der Waals surface area contributed by atoms with Gasteiger partial charge >= 0.3 is 18.3 Å². The third kappa shape index (κ3) is 7.37. The van der Waals surface area contributed by atoms with Crippen molar-refractivity contribution >= 4 is 16.0 Å². The first-order valence-corrected chi connectivity index (χ1v) is 8.91. The molecule has 12 heteroatoms. The van der Waals surface area contributed by atoms with Crippen molar-refractivity contribution in [2.24, 2.45) is 0 Å². The van der Waals surface area contributed by atoms with E-state index >= 15 is 0 Å². The Kier molecular flexibility index (Phi) is 6.59. The Morgan fingerprint density at radius 1 is 0.963 bits per heavy atom. The molecule has 0 radical (unpaired) electrons. The fraction of sp³-hybridized carbons (Fsp3) is 0.533. The van der Waals surface area contributed by atoms with E-state index in [1.165, 1.54) is 0 Å². The molecule has 154 valence electrons. The number of nitrogens with one attached hydrogen (secondary N) is 1. The molecule has 0 saturated carbocycles. The molecule has 0 fully saturated rings. The fourth-order valence-electron chi connectivity index (χ4n) is 1.84. The highest BCUT2D eigenvalue weighted by molar-refractivity contribution is 7.89. The number of carbonyl (C=O) groups excluding carboxylic acids is 1. The lowest BCUT2D eigenvalue weighted by Gasteiger charge is -2.19. The minimum atomic E-state index is -5.18. The number of alkyl halides is 6. The van der Waals surface area contributed by atoms with Gasteiger partial charge in [-0.05, 0) is 39.0 Å². The average molecular weight is 421 g/mol. The summed E-state index contributed by atoms with van der Waals surface area (Å²) in [6.45, 7) is 4.14. The van der Waals surface area contributed by atoms with E-state index in [9.17, 15) is 39.6 Å². The summed E-state index contributed by atoms with van der Waals surface area (Å²) < 4.78 is 108. The normalized spacial score (nSPS) is 13.5. The minimum Gasteiger partial charge on any atom is -0.460 e. The minimum absolute atomic E-state index is 0.0883. The van der Waals surface area contributed by atoms with Crippen LogP contribution < -0.4 is 4.72 Å². The van der Waals surface area contributed by atoms with Crippen molar-refractivity contribution in [3.63, 3.8) is 0 Å². The van der Waals surface area contributed by atoms with Crippen molar-refractivity contribution in [2.75, 3.05) is 6.54 Å². The Balaban J connectivity index is 3.07. The molecule has 0 aromatic heterocycles. The molecule has 0 unspecified atom stereocenters. The van der Waals surface area contributed by atoms with E-state index in [-0.39, 0.29) is 18.2 Å². The SMILES string of the molecule is CC(C)(C)OC(=O)CCNS(=O)(=O)c1cc(C(F)(F)F)cc(C(F)(F)F)c1. The van der Waals surface area contributed by atoms with Crippen LogP contribution >= 0.6 is 0 Å². The quantitative estimate of drug-likeness (QED) is 0.581. The number of benzene rings is 1. The van der Waals surface area contributed by atoms with Crippen LogP contribution in [0.2, 0.25) is 0 Å². The van der Waals surface area contributed by atoms with Gasteiger partial charge in [0.1, 0.15) is 5.60 Å². The molecule has 0 saturated heterocycles. The molecule has 1 N–H and O–H groups in total. The number of rotatable bonds is 5. The molecule has 0 atom stereocenters. The second-order valence-corrected chi connectivity index (χ2v) is 8.24. The van der Waals surface area contributed by atoms with Crippen molar-refractivity contribution in [1.82, 2.24) is 4.72 Å². The molecule has 0 spiro atoms. The topological polar surface area (TPSA) is 72.5 Å². The number of sulfonamides is 1. The molecular weight excluding hydrogens is 404 g/mol. The maximum atomic E-state index is 12.8. The third-order valence-electron chi connectivity index (χ3n) is 2.91. The zero-order valence-electron chi connectivity index (χ0n) is 14.5. The van der Waals surface area contributed by atoms with Crippen LogP contribution in [0.1, 0.15) is 38.3 Å². The predicted octanol–water partition coefficient (Wildman–Crippen LogP) is 3.73. The van der Waals surface area contributed by atoms with E-state index in [1.54, 1.807) is 25.5 Å². The van der Waals surface area contributed by atoms with E-state index in [4.69, 9.17) is 4.74 Å². The van der Waals surface area contributed by atoms with Crippen LogP contribution in [0.5, 0.6) is 0 Å². The summed E-state index contributed by atoms with van der Waals surface area (Å²) in [7, 11) is -4.72. The molecule has 0 heterocycles. The maximum absolute atomic E-state index is 12.8. The smallest absolute Gasteiger partial charge is 0.416 e. The zero-order valence-corrected chi connectivity index (χ0v) is 15.3. The lowest BCUT2D eigenvalue weighted by Crippen LogP contribution is -2.30. The van der Waals surface area contributed by atoms with Gasteiger partial charge in [-0.2, -0.15) is 26.3 Å². The van der Waals surface area contributed by atoms with Crippen molar-refractivity contribution in [2.45, 2.75) is 50.0 Å². The van der Waals surface area contributed by atoms with Crippen molar-refractivity contribution in [1.29, 1.82) is 0 Å². The average Bonchev–Trinajstić information content (AvgIpc) is 2.42. The lowest BCUT2D eigenvalue weighted by atomic mass is 10.1. The van der Waals surface area contributed by atoms with Crippen LogP contribution in [0.3, 0.4) is 0 Å². The Bertz CT molecular complexity index is 762. The summed E-state index contributed by atoms with van der Waals surface area (Å²) in [6, 6.07) is -0.00415. The number of halogens is 6. The second-order valence-electron chi connectivity index (χ2n) is 6.48. The Labute approximate surface area is 151 Å². The van der Waals surface area contributed by atoms with Crippen molar-refractivity contribution < 1.29 is 44.3 Å². The first-order valence-electron chi connectivity index (χ1n) is 7.43. The molecule has 0 aliphatic heterocycles. The van der Waals surface area contributed by atoms with Crippen LogP contribution in [0.4, 0.5) is 26.3 Å². The summed E-state index contributed by atoms with van der Waals surface area (Å²) in [5.41, 5.74) is -4.35. The monoisotopic (exact) mass is 421 g/mol. The molecule has 27 heavy (non-hydrogen) atoms. The zero-order chi connectivity index (χ0) is 21.3. The summed E-state index contributed by atoms with van der Waals surface area (Å²) in [5, 5.41) is 0. The molecule has 1 aromatic rings. The van der Waals surface area contributed by atoms with Gasteiger partial charge in [0.2, 0.25) is 10.0 Å². The van der Waals surface area contributed by atoms with Gasteiger partial charge in [0.25, 0.3) is 0 Å². The predicted molar refractivity (Wildman–Crippen MR) is 82.1 cm³/mol. The van der Waals surface area contributed by atoms with Gasteiger partial charge in [-0.3, -0.25) is 4.79 Å². The van der Waals surface area contributed by atoms with Crippen molar-refractivity contribution in [3.8, 4) is 0 Å². The molecular formula is C15H17F6NO4S. The van der Waals surface area contributed by atoms with Gasteiger partial charge in [-0.1, -0.05) is 0 Å². The number of hydrogen-bond donors (Lipinski definition) is 1. The van der Waals surface area contributed by atoms with Gasteiger partial charge < -0.3 is 4.74 Å². The van der Waals surface area contributed by atoms with E-state index in [0.717, 1.165) is 0 Å². The van der Waals surface area contributed by atoms with Crippen LogP contribution in [-0.2, 0) is 31.9 Å². The Hall–Kier alpha value is -1.82. The van der Waals surface area contributed by atoms with Gasteiger partial charge in [-0.15, -0.1) is 0 Å². The first kappa shape index (κ1) is 23.2. The molecule has 1 aromatic carbocycles. The standard InChI is InChI=1S/C15H17F6NO4S/c1-13(2,3)26-12(23)4-5-22-27(24,25)11-7-9(14(16,17)18)6-10(8-11)15(19,20)21/h6-8,22H,4-5H2,1-3H3.